The highest BCUT2D eigenvalue weighted by molar-refractivity contribution is 7.92. The molecule has 0 radical (unpaired) electrons. The molecule has 0 aromatic heterocycles. The molecule has 3 rings (SSSR count). The summed E-state index contributed by atoms with van der Waals surface area (Å²) in [5, 5.41) is 3.22. The van der Waals surface area contributed by atoms with Crippen molar-refractivity contribution < 1.29 is 27.5 Å². The minimum absolute atomic E-state index is 0.105. The van der Waals surface area contributed by atoms with Crippen molar-refractivity contribution in [1.82, 2.24) is 10.2 Å². The first kappa shape index (κ1) is 31.1. The summed E-state index contributed by atoms with van der Waals surface area (Å²) in [6, 6.07) is 17.7. The zero-order valence-corrected chi connectivity index (χ0v) is 24.9. The Hall–Kier alpha value is -3.47. The highest BCUT2D eigenvalue weighted by atomic mass is 35.5. The third kappa shape index (κ3) is 7.59. The molecule has 0 saturated carbocycles. The molecule has 214 valence electrons. The summed E-state index contributed by atoms with van der Waals surface area (Å²) >= 11 is 12.9. The van der Waals surface area contributed by atoms with Crippen LogP contribution in [-0.2, 0) is 32.6 Å². The molecule has 0 bridgehead atoms. The molecule has 0 fully saturated rings. The minimum Gasteiger partial charge on any atom is -0.497 e. The van der Waals surface area contributed by atoms with E-state index < -0.39 is 34.4 Å². The van der Waals surface area contributed by atoms with E-state index in [4.69, 9.17) is 32.7 Å². The molecule has 9 nitrogen and oxygen atoms in total. The molecule has 0 aliphatic heterocycles. The molecule has 1 atom stereocenters. The van der Waals surface area contributed by atoms with Crippen LogP contribution in [0.5, 0.6) is 11.5 Å². The maximum absolute atomic E-state index is 14.1. The van der Waals surface area contributed by atoms with Crippen LogP contribution in [0, 0.1) is 0 Å². The van der Waals surface area contributed by atoms with Gasteiger partial charge in [0.2, 0.25) is 21.8 Å². The Bertz CT molecular complexity index is 1430. The van der Waals surface area contributed by atoms with E-state index in [0.717, 1.165) is 16.1 Å². The molecule has 12 heteroatoms. The fraction of sp³-hybridized carbons (Fsp3) is 0.286. The molecule has 40 heavy (non-hydrogen) atoms. The fourth-order valence-corrected chi connectivity index (χ4v) is 5.52. The van der Waals surface area contributed by atoms with Crippen LogP contribution in [0.15, 0.2) is 66.7 Å². The van der Waals surface area contributed by atoms with Crippen LogP contribution in [0.3, 0.4) is 0 Å². The molecular formula is C28H31Cl2N3O6S. The van der Waals surface area contributed by atoms with Crippen molar-refractivity contribution in [1.29, 1.82) is 0 Å². The van der Waals surface area contributed by atoms with Gasteiger partial charge in [-0.3, -0.25) is 13.9 Å². The summed E-state index contributed by atoms with van der Waals surface area (Å²) in [5.74, 6) is -0.517. The Morgan fingerprint density at radius 2 is 1.60 bits per heavy atom. The van der Waals surface area contributed by atoms with Gasteiger partial charge in [-0.15, -0.1) is 0 Å². The van der Waals surface area contributed by atoms with E-state index >= 15 is 0 Å². The van der Waals surface area contributed by atoms with Gasteiger partial charge >= 0.3 is 0 Å². The van der Waals surface area contributed by atoms with Crippen LogP contribution in [0.25, 0.3) is 0 Å². The number of nitrogens with zero attached hydrogens (tertiary/aromatic N) is 2. The molecule has 0 saturated heterocycles. The maximum Gasteiger partial charge on any atom is 0.244 e. The lowest BCUT2D eigenvalue weighted by molar-refractivity contribution is -0.139. The van der Waals surface area contributed by atoms with Crippen LogP contribution in [-0.4, -0.2) is 65.2 Å². The second-order valence-electron chi connectivity index (χ2n) is 8.85. The quantitative estimate of drug-likeness (QED) is 0.331. The van der Waals surface area contributed by atoms with E-state index in [1.807, 2.05) is 30.3 Å². The first-order valence-electron chi connectivity index (χ1n) is 12.2. The molecule has 0 heterocycles. The van der Waals surface area contributed by atoms with Gasteiger partial charge < -0.3 is 19.7 Å². The lowest BCUT2D eigenvalue weighted by Crippen LogP contribution is -2.53. The van der Waals surface area contributed by atoms with Gasteiger partial charge in [-0.1, -0.05) is 59.6 Å². The number of halogens is 2. The first-order valence-corrected chi connectivity index (χ1v) is 14.8. The van der Waals surface area contributed by atoms with Crippen LogP contribution in [0.1, 0.15) is 11.1 Å². The Balaban J connectivity index is 2.12. The highest BCUT2D eigenvalue weighted by Crippen LogP contribution is 2.34. The zero-order valence-electron chi connectivity index (χ0n) is 22.6. The Labute approximate surface area is 244 Å². The van der Waals surface area contributed by atoms with Gasteiger partial charge in [0.15, 0.2) is 0 Å². The SMILES string of the molecule is CNC(=O)C(Cc1ccccc1)N(Cc1c(Cl)cccc1Cl)C(=O)CN(c1cc(OC)ccc1OC)S(C)(=O)=O. The standard InChI is InChI=1S/C28H31Cl2N3O6S/c1-31-28(35)25(15-19-9-6-5-7-10-19)32(17-21-22(29)11-8-12-23(21)30)27(34)18-33(40(4,36)37)24-16-20(38-2)13-14-26(24)39-3/h5-14,16,25H,15,17-18H2,1-4H3,(H,31,35). The number of nitrogens with one attached hydrogen (secondary N) is 1. The number of amides is 2. The summed E-state index contributed by atoms with van der Waals surface area (Å²) in [7, 11) is 0.290. The number of rotatable bonds is 12. The zero-order chi connectivity index (χ0) is 29.4. The normalized spacial score (nSPS) is 11.8. The average Bonchev–Trinajstić information content (AvgIpc) is 2.94. The Kier molecular flexibility index (Phi) is 10.7. The number of hydrogen-bond donors (Lipinski definition) is 1. The van der Waals surface area contributed by atoms with E-state index in [0.29, 0.717) is 21.4 Å². The van der Waals surface area contributed by atoms with E-state index in [-0.39, 0.29) is 24.4 Å². The van der Waals surface area contributed by atoms with Gasteiger partial charge in [0.05, 0.1) is 26.2 Å². The lowest BCUT2D eigenvalue weighted by atomic mass is 10.0. The number of ether oxygens (including phenoxy) is 2. The predicted octanol–water partition coefficient (Wildman–Crippen LogP) is 4.16. The van der Waals surface area contributed by atoms with Crippen molar-refractivity contribution in [2.75, 3.05) is 38.4 Å². The maximum atomic E-state index is 14.1. The number of carbonyl (C=O) groups excluding carboxylic acids is 2. The number of likely N-dealkylation sites (N-methyl/N-ethyl adjacent to an activating group) is 1. The van der Waals surface area contributed by atoms with E-state index in [1.54, 1.807) is 30.3 Å². The van der Waals surface area contributed by atoms with Gasteiger partial charge in [-0.25, -0.2) is 8.42 Å². The molecule has 3 aromatic rings. The minimum atomic E-state index is -4.01. The number of benzene rings is 3. The third-order valence-corrected chi connectivity index (χ3v) is 8.08. The summed E-state index contributed by atoms with van der Waals surface area (Å²) in [5.41, 5.74) is 1.33. The van der Waals surface area contributed by atoms with Gasteiger partial charge in [-0.05, 0) is 29.8 Å². The number of methoxy groups -OCH3 is 2. The van der Waals surface area contributed by atoms with Gasteiger partial charge in [0.1, 0.15) is 24.1 Å². The largest absolute Gasteiger partial charge is 0.497 e. The van der Waals surface area contributed by atoms with Crippen molar-refractivity contribution in [2.45, 2.75) is 19.0 Å². The van der Waals surface area contributed by atoms with Crippen molar-refractivity contribution >= 4 is 50.7 Å². The molecule has 0 spiro atoms. The Morgan fingerprint density at radius 1 is 0.950 bits per heavy atom. The number of sulfonamides is 1. The second-order valence-corrected chi connectivity index (χ2v) is 11.6. The lowest BCUT2D eigenvalue weighted by Gasteiger charge is -2.33. The van der Waals surface area contributed by atoms with E-state index in [1.165, 1.54) is 32.2 Å². The molecule has 1 unspecified atom stereocenters. The van der Waals surface area contributed by atoms with Crippen LogP contribution in [0.2, 0.25) is 10.0 Å². The van der Waals surface area contributed by atoms with Gasteiger partial charge in [-0.2, -0.15) is 0 Å². The first-order chi connectivity index (χ1) is 19.0. The van der Waals surface area contributed by atoms with E-state index in [9.17, 15) is 18.0 Å². The van der Waals surface area contributed by atoms with E-state index in [2.05, 4.69) is 5.32 Å². The van der Waals surface area contributed by atoms with Gasteiger partial charge in [0.25, 0.3) is 0 Å². The van der Waals surface area contributed by atoms with Crippen molar-refractivity contribution in [3.63, 3.8) is 0 Å². The predicted molar refractivity (Wildman–Crippen MR) is 157 cm³/mol. The van der Waals surface area contributed by atoms with Crippen LogP contribution in [0.4, 0.5) is 5.69 Å². The molecule has 3 aromatic carbocycles. The third-order valence-electron chi connectivity index (χ3n) is 6.24. The van der Waals surface area contributed by atoms with Crippen LogP contribution >= 0.6 is 23.2 Å². The second kappa shape index (κ2) is 13.7. The monoisotopic (exact) mass is 607 g/mol. The van der Waals surface area contributed by atoms with Crippen molar-refractivity contribution in [2.24, 2.45) is 0 Å². The fourth-order valence-electron chi connectivity index (χ4n) is 4.16. The summed E-state index contributed by atoms with van der Waals surface area (Å²) in [6.45, 7) is -0.776. The molecule has 0 aliphatic carbocycles. The number of anilines is 1. The number of carbonyl (C=O) groups is 2. The van der Waals surface area contributed by atoms with Crippen molar-refractivity contribution in [3.05, 3.63) is 87.9 Å². The van der Waals surface area contributed by atoms with Crippen LogP contribution < -0.4 is 19.1 Å². The smallest absolute Gasteiger partial charge is 0.244 e. The molecule has 2 amide bonds. The summed E-state index contributed by atoms with van der Waals surface area (Å²) < 4.78 is 37.6. The molecule has 0 aliphatic rings. The molecular weight excluding hydrogens is 577 g/mol. The summed E-state index contributed by atoms with van der Waals surface area (Å²) in [4.78, 5) is 28.6. The number of hydrogen-bond acceptors (Lipinski definition) is 6. The van der Waals surface area contributed by atoms with Gasteiger partial charge in [0, 0.05) is 41.7 Å². The van der Waals surface area contributed by atoms with Crippen molar-refractivity contribution in [3.8, 4) is 11.5 Å². The Morgan fingerprint density at radius 3 is 2.15 bits per heavy atom. The summed E-state index contributed by atoms with van der Waals surface area (Å²) in [6.07, 6.45) is 1.14. The molecule has 1 N–H and O–H groups in total. The highest BCUT2D eigenvalue weighted by Gasteiger charge is 2.34. The average molecular weight is 609 g/mol. The topological polar surface area (TPSA) is 105 Å².